The van der Waals surface area contributed by atoms with Crippen molar-refractivity contribution < 1.29 is 4.79 Å². The summed E-state index contributed by atoms with van der Waals surface area (Å²) in [6, 6.07) is 0. The number of carbonyl (C=O) groups excluding carboxylic acids is 1. The van der Waals surface area contributed by atoms with Crippen molar-refractivity contribution in [3.63, 3.8) is 0 Å². The molecule has 0 unspecified atom stereocenters. The minimum atomic E-state index is -2.42. The van der Waals surface area contributed by atoms with Crippen molar-refractivity contribution in [3.05, 3.63) is 9.67 Å². The van der Waals surface area contributed by atoms with Crippen LogP contribution in [0.3, 0.4) is 0 Å². The number of carbonyl (C=O) groups is 1. The Bertz CT molecular complexity index is 170. The first kappa shape index (κ1) is 11.6. The Hall–Kier alpha value is 1.65. The third-order valence-electron chi connectivity index (χ3n) is 0.867. The number of rotatable bonds is 2. The first-order valence-electron chi connectivity index (χ1n) is 2.60. The average Bonchev–Trinajstić information content (AvgIpc) is 1.60. The summed E-state index contributed by atoms with van der Waals surface area (Å²) in [5.74, 6) is 0.0944. The number of hydrogen-bond acceptors (Lipinski definition) is 1. The van der Waals surface area contributed by atoms with Crippen LogP contribution >= 0.6 is 38.1 Å². The fourth-order valence-corrected chi connectivity index (χ4v) is 3.74. The summed E-state index contributed by atoms with van der Waals surface area (Å²) >= 11 is 8.07. The van der Waals surface area contributed by atoms with Crippen LogP contribution in [0.25, 0.3) is 0 Å². The average molecular weight is 442 g/mol. The first-order chi connectivity index (χ1) is 4.34. The zero-order valence-electron chi connectivity index (χ0n) is 5.62. The van der Waals surface area contributed by atoms with Gasteiger partial charge in [0.15, 0.2) is 0 Å². The van der Waals surface area contributed by atoms with Crippen molar-refractivity contribution in [2.75, 3.05) is 0 Å². The molecule has 0 atom stereocenters. The van der Waals surface area contributed by atoms with Gasteiger partial charge in [0, 0.05) is 0 Å². The molecule has 0 spiro atoms. The molecule has 0 rings (SSSR count). The van der Waals surface area contributed by atoms with Crippen molar-refractivity contribution in [2.24, 2.45) is 0 Å². The molecule has 10 heavy (non-hydrogen) atoms. The molecule has 0 aliphatic heterocycles. The number of hydrogen-bond donors (Lipinski definition) is 0. The van der Waals surface area contributed by atoms with E-state index in [1.807, 2.05) is 6.92 Å². The standard InChI is InChI=1S/C5H7O.3BrH.Sn/c1-3-4-5(2)6;;;;/h4H,1-2H3;3*1H;/q;;;;+3/p-3. The number of halogens is 3. The van der Waals surface area contributed by atoms with E-state index in [1.165, 1.54) is 0 Å². The van der Waals surface area contributed by atoms with Gasteiger partial charge < -0.3 is 0 Å². The predicted molar refractivity (Wildman–Crippen MR) is 57.0 cm³/mol. The fraction of sp³-hybridized carbons (Fsp3) is 0.400. The minimum absolute atomic E-state index is 0.0944. The number of allylic oxidation sites excluding steroid dienone is 2. The molecule has 5 heteroatoms. The molecule has 0 aromatic rings. The second-order valence-electron chi connectivity index (χ2n) is 1.94. The normalized spacial score (nSPS) is 13.5. The maximum absolute atomic E-state index is 10.6. The van der Waals surface area contributed by atoms with E-state index in [1.54, 1.807) is 13.0 Å². The summed E-state index contributed by atoms with van der Waals surface area (Å²) in [4.78, 5) is 10.6. The van der Waals surface area contributed by atoms with Crippen molar-refractivity contribution >= 4 is 55.6 Å². The molecule has 0 fully saturated rings. The van der Waals surface area contributed by atoms with E-state index in [-0.39, 0.29) is 5.78 Å². The van der Waals surface area contributed by atoms with Crippen LogP contribution in [-0.4, -0.2) is 17.5 Å². The van der Waals surface area contributed by atoms with Crippen LogP contribution in [0.4, 0.5) is 0 Å². The molecule has 0 radical (unpaired) electrons. The Balaban J connectivity index is 4.35. The maximum atomic E-state index is 10.6. The molecule has 0 N–H and O–H groups in total. The molecule has 1 nitrogen and oxygen atoms in total. The van der Waals surface area contributed by atoms with E-state index in [0.717, 1.165) is 3.59 Å². The second-order valence-corrected chi connectivity index (χ2v) is 52.4. The van der Waals surface area contributed by atoms with E-state index in [4.69, 9.17) is 0 Å². The molecule has 0 aliphatic carbocycles. The van der Waals surface area contributed by atoms with Crippen LogP contribution in [0.1, 0.15) is 13.8 Å². The first-order valence-corrected chi connectivity index (χ1v) is 23.2. The molecule has 0 bridgehead atoms. The fourth-order valence-electron chi connectivity index (χ4n) is 0.387. The molecule has 0 amide bonds. The molecule has 0 aliphatic rings. The van der Waals surface area contributed by atoms with Gasteiger partial charge in [-0.15, -0.1) is 0 Å². The van der Waals surface area contributed by atoms with Gasteiger partial charge in [-0.2, -0.15) is 0 Å². The van der Waals surface area contributed by atoms with Gasteiger partial charge in [0.25, 0.3) is 0 Å². The van der Waals surface area contributed by atoms with Crippen LogP contribution in [0.5, 0.6) is 0 Å². The molecule has 58 valence electrons. The predicted octanol–water partition coefficient (Wildman–Crippen LogP) is 3.18. The zero-order valence-corrected chi connectivity index (χ0v) is 13.2. The van der Waals surface area contributed by atoms with Crippen molar-refractivity contribution in [1.29, 1.82) is 0 Å². The summed E-state index contributed by atoms with van der Waals surface area (Å²) < 4.78 is 1.10. The van der Waals surface area contributed by atoms with E-state index in [0.29, 0.717) is 0 Å². The third-order valence-corrected chi connectivity index (χ3v) is 16.4. The molecular weight excluding hydrogens is 434 g/mol. The molecule has 0 aromatic heterocycles. The van der Waals surface area contributed by atoms with Crippen LogP contribution in [0.2, 0.25) is 0 Å². The molecule has 0 saturated carbocycles. The summed E-state index contributed by atoms with van der Waals surface area (Å²) in [5.41, 5.74) is 0. The van der Waals surface area contributed by atoms with E-state index < -0.39 is 11.7 Å². The summed E-state index contributed by atoms with van der Waals surface area (Å²) in [5, 5.41) is 0. The Morgan fingerprint density at radius 3 is 1.80 bits per heavy atom. The molecule has 0 aromatic carbocycles. The van der Waals surface area contributed by atoms with Crippen LogP contribution < -0.4 is 0 Å². The van der Waals surface area contributed by atoms with Gasteiger partial charge in [0.05, 0.1) is 0 Å². The second kappa shape index (κ2) is 4.62. The van der Waals surface area contributed by atoms with E-state index in [9.17, 15) is 4.79 Å². The summed E-state index contributed by atoms with van der Waals surface area (Å²) in [6.45, 7) is 3.49. The Kier molecular flexibility index (Phi) is 5.38. The molecule has 0 heterocycles. The quantitative estimate of drug-likeness (QED) is 0.475. The van der Waals surface area contributed by atoms with Gasteiger partial charge in [0.2, 0.25) is 0 Å². The van der Waals surface area contributed by atoms with E-state index >= 15 is 0 Å². The van der Waals surface area contributed by atoms with E-state index in [2.05, 4.69) is 38.1 Å². The Morgan fingerprint density at radius 2 is 1.70 bits per heavy atom. The van der Waals surface area contributed by atoms with Crippen LogP contribution in [0.15, 0.2) is 9.67 Å². The van der Waals surface area contributed by atoms with Crippen molar-refractivity contribution in [2.45, 2.75) is 13.8 Å². The summed E-state index contributed by atoms with van der Waals surface area (Å²) in [6.07, 6.45) is 1.65. The van der Waals surface area contributed by atoms with Crippen molar-refractivity contribution in [1.82, 2.24) is 0 Å². The van der Waals surface area contributed by atoms with Gasteiger partial charge >= 0.3 is 83.9 Å². The monoisotopic (exact) mass is 440 g/mol. The SMILES string of the molecule is CC(=O)C=[C](C)[Sn]([Br])([Br])[Br]. The zero-order chi connectivity index (χ0) is 8.36. The van der Waals surface area contributed by atoms with Gasteiger partial charge in [-0.1, -0.05) is 0 Å². The van der Waals surface area contributed by atoms with Crippen LogP contribution in [0, 0.1) is 0 Å². The molecule has 0 saturated heterocycles. The Morgan fingerprint density at radius 1 is 1.30 bits per heavy atom. The van der Waals surface area contributed by atoms with Crippen LogP contribution in [-0.2, 0) is 4.79 Å². The van der Waals surface area contributed by atoms with Gasteiger partial charge in [-0.3, -0.25) is 0 Å². The topological polar surface area (TPSA) is 17.1 Å². The van der Waals surface area contributed by atoms with Gasteiger partial charge in [-0.05, 0) is 0 Å². The van der Waals surface area contributed by atoms with Gasteiger partial charge in [-0.25, -0.2) is 0 Å². The van der Waals surface area contributed by atoms with Gasteiger partial charge in [0.1, 0.15) is 0 Å². The van der Waals surface area contributed by atoms with Crippen molar-refractivity contribution in [3.8, 4) is 0 Å². The Labute approximate surface area is 82.8 Å². The summed E-state index contributed by atoms with van der Waals surface area (Å²) in [7, 11) is 0. The molecular formula is C5H7Br3OSn. The third kappa shape index (κ3) is 5.32. The number of ketones is 1.